The third-order valence-corrected chi connectivity index (χ3v) is 3.99. The number of furan rings is 1. The predicted octanol–water partition coefficient (Wildman–Crippen LogP) is 5.49. The molecule has 2 nitrogen and oxygen atoms in total. The molecular formula is C18H27NO. The van der Waals surface area contributed by atoms with Gasteiger partial charge in [0.05, 0.1) is 6.04 Å². The molecule has 110 valence electrons. The van der Waals surface area contributed by atoms with E-state index in [0.717, 1.165) is 17.8 Å². The maximum atomic E-state index is 6.26. The van der Waals surface area contributed by atoms with Gasteiger partial charge in [0.15, 0.2) is 0 Å². The fourth-order valence-electron chi connectivity index (χ4n) is 2.70. The summed E-state index contributed by atoms with van der Waals surface area (Å²) in [4.78, 5) is 0. The van der Waals surface area contributed by atoms with Crippen molar-refractivity contribution in [1.29, 1.82) is 0 Å². The van der Waals surface area contributed by atoms with Crippen LogP contribution in [0.4, 0.5) is 0 Å². The minimum Gasteiger partial charge on any atom is -0.459 e. The molecule has 0 amide bonds. The molecule has 1 aromatic heterocycles. The van der Waals surface area contributed by atoms with Crippen molar-refractivity contribution in [2.75, 3.05) is 0 Å². The highest BCUT2D eigenvalue weighted by Crippen LogP contribution is 2.27. The smallest absolute Gasteiger partial charge is 0.137 e. The number of nitrogens with two attached hydrogens (primary N) is 1. The van der Waals surface area contributed by atoms with E-state index in [9.17, 15) is 0 Å². The number of para-hydroxylation sites is 1. The van der Waals surface area contributed by atoms with E-state index in [2.05, 4.69) is 38.1 Å². The number of hydrogen-bond acceptors (Lipinski definition) is 2. The molecule has 2 heteroatoms. The Morgan fingerprint density at radius 1 is 1.10 bits per heavy atom. The van der Waals surface area contributed by atoms with Crippen molar-refractivity contribution in [3.63, 3.8) is 0 Å². The first-order valence-corrected chi connectivity index (χ1v) is 7.97. The first-order chi connectivity index (χ1) is 9.72. The molecule has 0 aliphatic carbocycles. The van der Waals surface area contributed by atoms with Crippen LogP contribution < -0.4 is 5.73 Å². The van der Waals surface area contributed by atoms with Crippen LogP contribution in [0, 0.1) is 6.92 Å². The van der Waals surface area contributed by atoms with Crippen molar-refractivity contribution in [2.24, 2.45) is 5.73 Å². The normalized spacial score (nSPS) is 12.9. The van der Waals surface area contributed by atoms with Crippen LogP contribution in [0.1, 0.15) is 69.2 Å². The summed E-state index contributed by atoms with van der Waals surface area (Å²) in [5, 5.41) is 1.17. The molecule has 0 bridgehead atoms. The number of aryl methyl sites for hydroxylation is 1. The molecule has 1 heterocycles. The van der Waals surface area contributed by atoms with Crippen molar-refractivity contribution in [1.82, 2.24) is 0 Å². The number of fused-ring (bicyclic) bond motifs is 1. The Labute approximate surface area is 122 Å². The molecule has 0 aliphatic heterocycles. The summed E-state index contributed by atoms with van der Waals surface area (Å²) in [6.07, 6.45) is 8.85. The van der Waals surface area contributed by atoms with Crippen LogP contribution in [0.5, 0.6) is 0 Å². The van der Waals surface area contributed by atoms with Crippen molar-refractivity contribution >= 4 is 11.0 Å². The molecule has 1 atom stereocenters. The summed E-state index contributed by atoms with van der Waals surface area (Å²) in [5.74, 6) is 0.933. The molecule has 1 aromatic carbocycles. The lowest BCUT2D eigenvalue weighted by Gasteiger charge is -2.08. The van der Waals surface area contributed by atoms with E-state index in [1.807, 2.05) is 0 Å². The second kappa shape index (κ2) is 7.49. The topological polar surface area (TPSA) is 39.2 Å². The van der Waals surface area contributed by atoms with Crippen molar-refractivity contribution in [3.05, 3.63) is 35.6 Å². The van der Waals surface area contributed by atoms with Crippen LogP contribution in [0.15, 0.2) is 28.7 Å². The molecule has 0 radical (unpaired) electrons. The first-order valence-electron chi connectivity index (χ1n) is 7.97. The number of rotatable bonds is 8. The quantitative estimate of drug-likeness (QED) is 0.646. The third kappa shape index (κ3) is 3.86. The van der Waals surface area contributed by atoms with Gasteiger partial charge in [-0.25, -0.2) is 0 Å². The van der Waals surface area contributed by atoms with Gasteiger partial charge in [0.1, 0.15) is 11.3 Å². The van der Waals surface area contributed by atoms with Gasteiger partial charge in [0.2, 0.25) is 0 Å². The molecule has 2 N–H and O–H groups in total. The molecule has 0 aliphatic rings. The van der Waals surface area contributed by atoms with Crippen LogP contribution in [0.2, 0.25) is 0 Å². The molecule has 0 spiro atoms. The Morgan fingerprint density at radius 3 is 2.60 bits per heavy atom. The van der Waals surface area contributed by atoms with Crippen LogP contribution in [-0.2, 0) is 0 Å². The molecular weight excluding hydrogens is 246 g/mol. The predicted molar refractivity (Wildman–Crippen MR) is 85.9 cm³/mol. The zero-order valence-electron chi connectivity index (χ0n) is 12.8. The van der Waals surface area contributed by atoms with Crippen LogP contribution in [-0.4, -0.2) is 0 Å². The average molecular weight is 273 g/mol. The maximum Gasteiger partial charge on any atom is 0.137 e. The standard InChI is InChI=1S/C18H27NO/c1-3-4-5-6-7-8-12-16(19)17-13-15-11-9-10-14(2)18(15)20-17/h9-11,13,16H,3-8,12,19H2,1-2H3. The van der Waals surface area contributed by atoms with Crippen molar-refractivity contribution in [2.45, 2.75) is 64.8 Å². The summed E-state index contributed by atoms with van der Waals surface area (Å²) in [5.41, 5.74) is 8.42. The summed E-state index contributed by atoms with van der Waals surface area (Å²) in [7, 11) is 0. The van der Waals surface area contributed by atoms with Gasteiger partial charge < -0.3 is 10.2 Å². The number of hydrogen-bond donors (Lipinski definition) is 1. The van der Waals surface area contributed by atoms with E-state index >= 15 is 0 Å². The lowest BCUT2D eigenvalue weighted by molar-refractivity contribution is 0.458. The summed E-state index contributed by atoms with van der Waals surface area (Å²) >= 11 is 0. The van der Waals surface area contributed by atoms with Gasteiger partial charge in [-0.3, -0.25) is 0 Å². The van der Waals surface area contributed by atoms with E-state index in [4.69, 9.17) is 10.2 Å². The van der Waals surface area contributed by atoms with E-state index in [1.165, 1.54) is 49.5 Å². The van der Waals surface area contributed by atoms with Gasteiger partial charge in [0, 0.05) is 5.39 Å². The first kappa shape index (κ1) is 15.1. The average Bonchev–Trinajstić information content (AvgIpc) is 2.88. The Bertz CT molecular complexity index is 529. The van der Waals surface area contributed by atoms with Crippen molar-refractivity contribution in [3.8, 4) is 0 Å². The fraction of sp³-hybridized carbons (Fsp3) is 0.556. The van der Waals surface area contributed by atoms with Gasteiger partial charge in [-0.05, 0) is 25.0 Å². The van der Waals surface area contributed by atoms with Crippen molar-refractivity contribution < 1.29 is 4.42 Å². The zero-order chi connectivity index (χ0) is 14.4. The fourth-order valence-corrected chi connectivity index (χ4v) is 2.70. The lowest BCUT2D eigenvalue weighted by atomic mass is 10.0. The Hall–Kier alpha value is -1.28. The summed E-state index contributed by atoms with van der Waals surface area (Å²) in [6.45, 7) is 4.33. The minimum absolute atomic E-state index is 0.0352. The Morgan fingerprint density at radius 2 is 1.85 bits per heavy atom. The highest BCUT2D eigenvalue weighted by atomic mass is 16.3. The lowest BCUT2D eigenvalue weighted by Crippen LogP contribution is -2.08. The highest BCUT2D eigenvalue weighted by Gasteiger charge is 2.12. The largest absolute Gasteiger partial charge is 0.459 e. The number of benzene rings is 1. The van der Waals surface area contributed by atoms with Crippen LogP contribution in [0.3, 0.4) is 0 Å². The maximum absolute atomic E-state index is 6.26. The van der Waals surface area contributed by atoms with E-state index < -0.39 is 0 Å². The van der Waals surface area contributed by atoms with Gasteiger partial charge in [-0.2, -0.15) is 0 Å². The second-order valence-electron chi connectivity index (χ2n) is 5.80. The molecule has 20 heavy (non-hydrogen) atoms. The minimum atomic E-state index is 0.0352. The van der Waals surface area contributed by atoms with E-state index in [-0.39, 0.29) is 6.04 Å². The van der Waals surface area contributed by atoms with Gasteiger partial charge in [-0.15, -0.1) is 0 Å². The number of unbranched alkanes of at least 4 members (excludes halogenated alkanes) is 5. The zero-order valence-corrected chi connectivity index (χ0v) is 12.8. The molecule has 0 saturated heterocycles. The highest BCUT2D eigenvalue weighted by molar-refractivity contribution is 5.80. The second-order valence-corrected chi connectivity index (χ2v) is 5.80. The SMILES string of the molecule is CCCCCCCCC(N)c1cc2cccc(C)c2o1. The Kier molecular flexibility index (Phi) is 5.66. The molecule has 2 rings (SSSR count). The van der Waals surface area contributed by atoms with E-state index in [0.29, 0.717) is 0 Å². The monoisotopic (exact) mass is 273 g/mol. The van der Waals surface area contributed by atoms with Gasteiger partial charge in [-0.1, -0.05) is 63.6 Å². The third-order valence-electron chi connectivity index (χ3n) is 3.99. The molecule has 1 unspecified atom stereocenters. The van der Waals surface area contributed by atoms with Crippen LogP contribution >= 0.6 is 0 Å². The van der Waals surface area contributed by atoms with Gasteiger partial charge >= 0.3 is 0 Å². The summed E-state index contributed by atoms with van der Waals surface area (Å²) in [6, 6.07) is 8.37. The molecule has 2 aromatic rings. The van der Waals surface area contributed by atoms with Crippen LogP contribution in [0.25, 0.3) is 11.0 Å². The van der Waals surface area contributed by atoms with E-state index in [1.54, 1.807) is 0 Å². The van der Waals surface area contributed by atoms with Gasteiger partial charge in [0.25, 0.3) is 0 Å². The Balaban J connectivity index is 1.85. The molecule has 0 fully saturated rings. The summed E-state index contributed by atoms with van der Waals surface area (Å²) < 4.78 is 5.93. The molecule has 0 saturated carbocycles.